The second-order valence-electron chi connectivity index (χ2n) is 4.97. The Kier molecular flexibility index (Phi) is 4.77. The number of rotatable bonds is 6. The van der Waals surface area contributed by atoms with E-state index in [-0.39, 0.29) is 5.75 Å². The Morgan fingerprint density at radius 2 is 2.11 bits per heavy atom. The molecule has 1 aliphatic rings. The van der Waals surface area contributed by atoms with Crippen LogP contribution in [-0.4, -0.2) is 30.7 Å². The second-order valence-corrected chi connectivity index (χ2v) is 6.82. The van der Waals surface area contributed by atoms with Crippen molar-refractivity contribution in [3.05, 3.63) is 18.2 Å². The van der Waals surface area contributed by atoms with Crippen LogP contribution in [0.1, 0.15) is 37.9 Å². The average Bonchev–Trinajstić information content (AvgIpc) is 2.82. The lowest BCUT2D eigenvalue weighted by molar-refractivity contribution is 0.384. The van der Waals surface area contributed by atoms with E-state index in [1.807, 2.05) is 0 Å². The van der Waals surface area contributed by atoms with Gasteiger partial charge in [0, 0.05) is 25.4 Å². The molecule has 0 amide bonds. The van der Waals surface area contributed by atoms with Gasteiger partial charge < -0.3 is 4.98 Å². The van der Waals surface area contributed by atoms with Crippen molar-refractivity contribution in [2.75, 3.05) is 12.3 Å². The quantitative estimate of drug-likeness (QED) is 0.822. The molecule has 1 fully saturated rings. The number of aromatic nitrogens is 2. The van der Waals surface area contributed by atoms with Crippen LogP contribution in [0.5, 0.6) is 0 Å². The standard InChI is InChI=1S/C12H21N3O2S/c16-18(17,10-11-4-2-1-3-5-11)15-7-6-12-13-8-9-14-12/h8-9,11,15H,1-7,10H2,(H,13,14). The van der Waals surface area contributed by atoms with Crippen molar-refractivity contribution in [2.24, 2.45) is 5.92 Å². The summed E-state index contributed by atoms with van der Waals surface area (Å²) in [5.74, 6) is 1.45. The summed E-state index contributed by atoms with van der Waals surface area (Å²) in [7, 11) is -3.13. The predicted molar refractivity (Wildman–Crippen MR) is 70.7 cm³/mol. The van der Waals surface area contributed by atoms with Gasteiger partial charge in [0.15, 0.2) is 0 Å². The summed E-state index contributed by atoms with van der Waals surface area (Å²) < 4.78 is 26.4. The van der Waals surface area contributed by atoms with E-state index < -0.39 is 10.0 Å². The lowest BCUT2D eigenvalue weighted by Crippen LogP contribution is -2.32. The Morgan fingerprint density at radius 1 is 1.33 bits per heavy atom. The first-order valence-corrected chi connectivity index (χ1v) is 8.26. The predicted octanol–water partition coefficient (Wildman–Crippen LogP) is 1.45. The number of hydrogen-bond donors (Lipinski definition) is 2. The number of sulfonamides is 1. The Morgan fingerprint density at radius 3 is 2.78 bits per heavy atom. The van der Waals surface area contributed by atoms with E-state index in [9.17, 15) is 8.42 Å². The van der Waals surface area contributed by atoms with E-state index in [1.54, 1.807) is 12.4 Å². The van der Waals surface area contributed by atoms with Crippen LogP contribution in [0.15, 0.2) is 12.4 Å². The zero-order valence-electron chi connectivity index (χ0n) is 10.6. The maximum absolute atomic E-state index is 11.9. The van der Waals surface area contributed by atoms with Gasteiger partial charge in [0.1, 0.15) is 5.82 Å². The fraction of sp³-hybridized carbons (Fsp3) is 0.750. The van der Waals surface area contributed by atoms with Crippen molar-refractivity contribution in [1.82, 2.24) is 14.7 Å². The molecule has 0 saturated heterocycles. The highest BCUT2D eigenvalue weighted by Crippen LogP contribution is 2.24. The van der Waals surface area contributed by atoms with Gasteiger partial charge in [0.05, 0.1) is 5.75 Å². The van der Waals surface area contributed by atoms with Crippen molar-refractivity contribution in [3.8, 4) is 0 Å². The third-order valence-corrected chi connectivity index (χ3v) is 4.97. The monoisotopic (exact) mass is 271 g/mol. The molecule has 6 heteroatoms. The van der Waals surface area contributed by atoms with E-state index in [0.717, 1.165) is 18.7 Å². The van der Waals surface area contributed by atoms with Crippen LogP contribution in [0.25, 0.3) is 0 Å². The van der Waals surface area contributed by atoms with Crippen LogP contribution >= 0.6 is 0 Å². The number of hydrogen-bond acceptors (Lipinski definition) is 3. The average molecular weight is 271 g/mol. The van der Waals surface area contributed by atoms with Crippen LogP contribution < -0.4 is 4.72 Å². The maximum Gasteiger partial charge on any atom is 0.211 e. The van der Waals surface area contributed by atoms with Crippen LogP contribution in [-0.2, 0) is 16.4 Å². The van der Waals surface area contributed by atoms with Gasteiger partial charge in [0.2, 0.25) is 10.0 Å². The molecule has 0 aliphatic heterocycles. The largest absolute Gasteiger partial charge is 0.349 e. The maximum atomic E-state index is 11.9. The van der Waals surface area contributed by atoms with Crippen LogP contribution in [0.4, 0.5) is 0 Å². The van der Waals surface area contributed by atoms with Crippen molar-refractivity contribution >= 4 is 10.0 Å². The molecule has 5 nitrogen and oxygen atoms in total. The molecule has 0 aromatic carbocycles. The third kappa shape index (κ3) is 4.42. The van der Waals surface area contributed by atoms with E-state index in [0.29, 0.717) is 18.9 Å². The van der Waals surface area contributed by atoms with Gasteiger partial charge in [-0.3, -0.25) is 0 Å². The highest BCUT2D eigenvalue weighted by atomic mass is 32.2. The first-order valence-electron chi connectivity index (χ1n) is 6.61. The summed E-state index contributed by atoms with van der Waals surface area (Å²) in [5, 5.41) is 0. The normalized spacial score (nSPS) is 18.0. The summed E-state index contributed by atoms with van der Waals surface area (Å²) in [4.78, 5) is 7.02. The molecular formula is C12H21N3O2S. The number of H-pyrrole nitrogens is 1. The minimum Gasteiger partial charge on any atom is -0.349 e. The summed E-state index contributed by atoms with van der Waals surface area (Å²) in [6.45, 7) is 0.419. The first-order chi connectivity index (χ1) is 8.66. The fourth-order valence-electron chi connectivity index (χ4n) is 2.48. The molecule has 1 aliphatic carbocycles. The number of nitrogens with zero attached hydrogens (tertiary/aromatic N) is 1. The molecule has 1 heterocycles. The van der Waals surface area contributed by atoms with Crippen molar-refractivity contribution in [3.63, 3.8) is 0 Å². The van der Waals surface area contributed by atoms with Crippen molar-refractivity contribution in [1.29, 1.82) is 0 Å². The second kappa shape index (κ2) is 6.33. The van der Waals surface area contributed by atoms with E-state index in [4.69, 9.17) is 0 Å². The molecule has 1 aromatic heterocycles. The molecule has 1 aromatic rings. The zero-order valence-corrected chi connectivity index (χ0v) is 11.4. The van der Waals surface area contributed by atoms with Gasteiger partial charge in [-0.15, -0.1) is 0 Å². The topological polar surface area (TPSA) is 74.8 Å². The number of nitrogens with one attached hydrogen (secondary N) is 2. The zero-order chi connectivity index (χ0) is 12.8. The SMILES string of the molecule is O=S(=O)(CC1CCCCC1)NCCc1ncc[nH]1. The lowest BCUT2D eigenvalue weighted by Gasteiger charge is -2.21. The molecule has 0 spiro atoms. The third-order valence-electron chi connectivity index (χ3n) is 3.42. The van der Waals surface area contributed by atoms with Crippen LogP contribution in [0.2, 0.25) is 0 Å². The molecule has 0 bridgehead atoms. The van der Waals surface area contributed by atoms with E-state index >= 15 is 0 Å². The minimum atomic E-state index is -3.13. The van der Waals surface area contributed by atoms with E-state index in [2.05, 4.69) is 14.7 Å². The van der Waals surface area contributed by atoms with Gasteiger partial charge in [0.25, 0.3) is 0 Å². The van der Waals surface area contributed by atoms with Crippen molar-refractivity contribution in [2.45, 2.75) is 38.5 Å². The van der Waals surface area contributed by atoms with E-state index in [1.165, 1.54) is 19.3 Å². The Hall–Kier alpha value is -0.880. The Bertz CT molecular complexity index is 436. The molecular weight excluding hydrogens is 250 g/mol. The van der Waals surface area contributed by atoms with Gasteiger partial charge in [-0.05, 0) is 18.8 Å². The molecule has 18 heavy (non-hydrogen) atoms. The van der Waals surface area contributed by atoms with Gasteiger partial charge in [-0.1, -0.05) is 19.3 Å². The smallest absolute Gasteiger partial charge is 0.211 e. The summed E-state index contributed by atoms with van der Waals surface area (Å²) in [6, 6.07) is 0. The highest BCUT2D eigenvalue weighted by Gasteiger charge is 2.20. The number of aromatic amines is 1. The molecule has 102 valence electrons. The molecule has 0 unspecified atom stereocenters. The molecule has 0 radical (unpaired) electrons. The Labute approximate surface area is 108 Å². The van der Waals surface area contributed by atoms with Gasteiger partial charge in [-0.2, -0.15) is 0 Å². The lowest BCUT2D eigenvalue weighted by atomic mass is 9.91. The highest BCUT2D eigenvalue weighted by molar-refractivity contribution is 7.89. The molecule has 2 N–H and O–H groups in total. The van der Waals surface area contributed by atoms with Gasteiger partial charge >= 0.3 is 0 Å². The Balaban J connectivity index is 1.73. The number of imidazole rings is 1. The fourth-order valence-corrected chi connectivity index (χ4v) is 3.97. The van der Waals surface area contributed by atoms with Gasteiger partial charge in [-0.25, -0.2) is 18.1 Å². The molecule has 0 atom stereocenters. The minimum absolute atomic E-state index is 0.283. The summed E-state index contributed by atoms with van der Waals surface area (Å²) in [6.07, 6.45) is 9.73. The summed E-state index contributed by atoms with van der Waals surface area (Å²) in [5.41, 5.74) is 0. The molecule has 1 saturated carbocycles. The summed E-state index contributed by atoms with van der Waals surface area (Å²) >= 11 is 0. The van der Waals surface area contributed by atoms with Crippen molar-refractivity contribution < 1.29 is 8.42 Å². The first kappa shape index (κ1) is 13.5. The molecule has 2 rings (SSSR count). The van der Waals surface area contributed by atoms with Crippen LogP contribution in [0.3, 0.4) is 0 Å². The van der Waals surface area contributed by atoms with Crippen LogP contribution in [0, 0.1) is 5.92 Å².